The van der Waals surface area contributed by atoms with E-state index >= 15 is 0 Å². The van der Waals surface area contributed by atoms with E-state index in [-0.39, 0.29) is 5.69 Å². The molecule has 0 bridgehead atoms. The molecule has 2 aromatic rings. The van der Waals surface area contributed by atoms with E-state index in [1.165, 1.54) is 5.56 Å². The van der Waals surface area contributed by atoms with Crippen LogP contribution in [0.15, 0.2) is 30.5 Å². The summed E-state index contributed by atoms with van der Waals surface area (Å²) in [6.45, 7) is 6.27. The molecule has 0 spiro atoms. The van der Waals surface area contributed by atoms with Crippen LogP contribution in [-0.4, -0.2) is 42.1 Å². The number of carbonyl (C=O) groups excluding carboxylic acids is 1. The minimum atomic E-state index is -0.600. The highest BCUT2D eigenvalue weighted by Gasteiger charge is 2.21. The second-order valence-corrected chi connectivity index (χ2v) is 7.30. The van der Waals surface area contributed by atoms with Crippen LogP contribution >= 0.6 is 0 Å². The molecule has 2 heterocycles. The number of amides is 1. The highest BCUT2D eigenvalue weighted by atomic mass is 16.1. The first-order valence-corrected chi connectivity index (χ1v) is 9.43. The fourth-order valence-electron chi connectivity index (χ4n) is 3.26. The van der Waals surface area contributed by atoms with Crippen molar-refractivity contribution in [2.75, 3.05) is 30.4 Å². The lowest BCUT2D eigenvalue weighted by molar-refractivity contribution is 0.0996. The third-order valence-electron chi connectivity index (χ3n) is 5.01. The lowest BCUT2D eigenvalue weighted by atomic mass is 10.0. The second kappa shape index (κ2) is 8.35. The van der Waals surface area contributed by atoms with E-state index in [1.807, 2.05) is 19.2 Å². The third kappa shape index (κ3) is 4.54. The number of primary amides is 1. The normalized spacial score (nSPS) is 17.0. The SMILES string of the molecule is CC(C)c1ccc(Nc2nc(N(C)C3CCCNC3)cnc2C(N)=O)cc1. The number of anilines is 3. The summed E-state index contributed by atoms with van der Waals surface area (Å²) in [6.07, 6.45) is 3.85. The monoisotopic (exact) mass is 368 g/mol. The maximum absolute atomic E-state index is 11.8. The molecule has 27 heavy (non-hydrogen) atoms. The molecule has 1 aromatic carbocycles. The van der Waals surface area contributed by atoms with Crippen LogP contribution in [0.25, 0.3) is 0 Å². The van der Waals surface area contributed by atoms with Gasteiger partial charge in [0.05, 0.1) is 6.20 Å². The predicted molar refractivity (Wildman–Crippen MR) is 109 cm³/mol. The molecular formula is C20H28N6O. The summed E-state index contributed by atoms with van der Waals surface area (Å²) in [6, 6.07) is 8.43. The summed E-state index contributed by atoms with van der Waals surface area (Å²) in [4.78, 5) is 22.8. The molecule has 1 amide bonds. The lowest BCUT2D eigenvalue weighted by Gasteiger charge is -2.32. The number of aromatic nitrogens is 2. The number of nitrogens with zero attached hydrogens (tertiary/aromatic N) is 3. The summed E-state index contributed by atoms with van der Waals surface area (Å²) in [5, 5.41) is 6.61. The van der Waals surface area contributed by atoms with Gasteiger partial charge in [-0.25, -0.2) is 9.97 Å². The molecule has 7 heteroatoms. The number of benzene rings is 1. The topological polar surface area (TPSA) is 96.2 Å². The zero-order chi connectivity index (χ0) is 19.4. The Balaban J connectivity index is 1.86. The molecule has 1 fully saturated rings. The molecule has 0 aliphatic carbocycles. The van der Waals surface area contributed by atoms with E-state index in [0.717, 1.165) is 37.4 Å². The fourth-order valence-corrected chi connectivity index (χ4v) is 3.26. The Kier molecular flexibility index (Phi) is 5.91. The van der Waals surface area contributed by atoms with Gasteiger partial charge in [0.1, 0.15) is 5.82 Å². The number of hydrogen-bond acceptors (Lipinski definition) is 6. The van der Waals surface area contributed by atoms with E-state index in [2.05, 4.69) is 51.5 Å². The van der Waals surface area contributed by atoms with E-state index in [0.29, 0.717) is 17.8 Å². The number of nitrogens with one attached hydrogen (secondary N) is 2. The summed E-state index contributed by atoms with van der Waals surface area (Å²) in [7, 11) is 2.01. The van der Waals surface area contributed by atoms with Gasteiger partial charge in [0, 0.05) is 25.3 Å². The van der Waals surface area contributed by atoms with Gasteiger partial charge in [-0.3, -0.25) is 4.79 Å². The molecule has 1 aromatic heterocycles. The van der Waals surface area contributed by atoms with Crippen LogP contribution in [0, 0.1) is 0 Å². The Morgan fingerprint density at radius 1 is 1.33 bits per heavy atom. The highest BCUT2D eigenvalue weighted by Crippen LogP contribution is 2.24. The minimum absolute atomic E-state index is 0.141. The smallest absolute Gasteiger partial charge is 0.271 e. The highest BCUT2D eigenvalue weighted by molar-refractivity contribution is 5.96. The average Bonchev–Trinajstić information content (AvgIpc) is 2.68. The van der Waals surface area contributed by atoms with Gasteiger partial charge in [0.2, 0.25) is 0 Å². The quantitative estimate of drug-likeness (QED) is 0.725. The van der Waals surface area contributed by atoms with Crippen molar-refractivity contribution in [3.05, 3.63) is 41.7 Å². The number of likely N-dealkylation sites (N-methyl/N-ethyl adjacent to an activating group) is 1. The number of rotatable bonds is 6. The largest absolute Gasteiger partial charge is 0.364 e. The molecule has 1 saturated heterocycles. The first-order chi connectivity index (χ1) is 13.0. The Morgan fingerprint density at radius 2 is 2.07 bits per heavy atom. The average molecular weight is 368 g/mol. The Labute approximate surface area is 160 Å². The molecule has 0 radical (unpaired) electrons. The Bertz CT molecular complexity index is 784. The molecule has 1 aliphatic rings. The molecule has 7 nitrogen and oxygen atoms in total. The summed E-state index contributed by atoms with van der Waals surface area (Å²) in [5.41, 5.74) is 7.73. The minimum Gasteiger partial charge on any atom is -0.364 e. The van der Waals surface area contributed by atoms with Crippen molar-refractivity contribution in [3.63, 3.8) is 0 Å². The van der Waals surface area contributed by atoms with Crippen molar-refractivity contribution >= 4 is 23.2 Å². The van der Waals surface area contributed by atoms with Gasteiger partial charge in [-0.05, 0) is 43.0 Å². The van der Waals surface area contributed by atoms with Crippen LogP contribution in [0.3, 0.4) is 0 Å². The van der Waals surface area contributed by atoms with Crippen LogP contribution in [0.5, 0.6) is 0 Å². The fraction of sp³-hybridized carbons (Fsp3) is 0.450. The molecule has 1 unspecified atom stereocenters. The van der Waals surface area contributed by atoms with E-state index in [4.69, 9.17) is 5.73 Å². The van der Waals surface area contributed by atoms with Crippen LogP contribution in [0.4, 0.5) is 17.3 Å². The third-order valence-corrected chi connectivity index (χ3v) is 5.01. The van der Waals surface area contributed by atoms with Gasteiger partial charge < -0.3 is 21.3 Å². The predicted octanol–water partition coefficient (Wildman–Crippen LogP) is 2.63. The summed E-state index contributed by atoms with van der Waals surface area (Å²) in [5.74, 6) is 0.960. The van der Waals surface area contributed by atoms with Crippen LogP contribution in [-0.2, 0) is 0 Å². The van der Waals surface area contributed by atoms with Gasteiger partial charge in [-0.2, -0.15) is 0 Å². The van der Waals surface area contributed by atoms with Gasteiger partial charge >= 0.3 is 0 Å². The molecule has 3 rings (SSSR count). The number of hydrogen-bond donors (Lipinski definition) is 3. The van der Waals surface area contributed by atoms with Gasteiger partial charge in [0.15, 0.2) is 11.5 Å². The van der Waals surface area contributed by atoms with E-state index in [1.54, 1.807) is 6.20 Å². The van der Waals surface area contributed by atoms with Crippen molar-refractivity contribution in [3.8, 4) is 0 Å². The first-order valence-electron chi connectivity index (χ1n) is 9.43. The van der Waals surface area contributed by atoms with Crippen molar-refractivity contribution in [2.45, 2.75) is 38.6 Å². The summed E-state index contributed by atoms with van der Waals surface area (Å²) < 4.78 is 0. The van der Waals surface area contributed by atoms with Gasteiger partial charge in [-0.1, -0.05) is 26.0 Å². The van der Waals surface area contributed by atoms with E-state index in [9.17, 15) is 4.79 Å². The van der Waals surface area contributed by atoms with Crippen LogP contribution < -0.4 is 21.3 Å². The first kappa shape index (κ1) is 19.1. The number of carbonyl (C=O) groups is 1. The molecule has 0 saturated carbocycles. The van der Waals surface area contributed by atoms with Crippen molar-refractivity contribution in [1.29, 1.82) is 0 Å². The van der Waals surface area contributed by atoms with Crippen LogP contribution in [0.1, 0.15) is 48.7 Å². The lowest BCUT2D eigenvalue weighted by Crippen LogP contribution is -2.44. The zero-order valence-corrected chi connectivity index (χ0v) is 16.2. The molecule has 1 atom stereocenters. The zero-order valence-electron chi connectivity index (χ0n) is 16.2. The maximum atomic E-state index is 11.8. The number of nitrogens with two attached hydrogens (primary N) is 1. The molecular weight excluding hydrogens is 340 g/mol. The van der Waals surface area contributed by atoms with Crippen molar-refractivity contribution in [1.82, 2.24) is 15.3 Å². The van der Waals surface area contributed by atoms with Crippen molar-refractivity contribution < 1.29 is 4.79 Å². The maximum Gasteiger partial charge on any atom is 0.271 e. The standard InChI is InChI=1S/C20H28N6O/c1-13(2)14-6-8-15(9-7-14)24-20-18(19(21)27)23-12-17(25-20)26(3)16-5-4-10-22-11-16/h6-9,12-13,16,22H,4-5,10-11H2,1-3H3,(H2,21,27)(H,24,25). The van der Waals surface area contributed by atoms with Crippen LogP contribution in [0.2, 0.25) is 0 Å². The molecule has 4 N–H and O–H groups in total. The molecule has 144 valence electrons. The molecule has 1 aliphatic heterocycles. The Morgan fingerprint density at radius 3 is 2.67 bits per heavy atom. The second-order valence-electron chi connectivity index (χ2n) is 7.30. The van der Waals surface area contributed by atoms with Gasteiger partial charge in [0.25, 0.3) is 5.91 Å². The van der Waals surface area contributed by atoms with E-state index < -0.39 is 5.91 Å². The Hall–Kier alpha value is -2.67. The summed E-state index contributed by atoms with van der Waals surface area (Å²) >= 11 is 0. The van der Waals surface area contributed by atoms with Gasteiger partial charge in [-0.15, -0.1) is 0 Å². The number of piperidine rings is 1. The van der Waals surface area contributed by atoms with Crippen molar-refractivity contribution in [2.24, 2.45) is 5.73 Å².